The van der Waals surface area contributed by atoms with Gasteiger partial charge in [-0.1, -0.05) is 109 Å². The van der Waals surface area contributed by atoms with Crippen LogP contribution in [0.1, 0.15) is 98.3 Å². The van der Waals surface area contributed by atoms with Crippen LogP contribution in [0.4, 0.5) is 0 Å². The standard InChI is InChI=1S/C31H52N4S/c1-5-7-9-10-11-13-23(3)25-16-18-35(19-17-25)31-34-30-29(36-31)20-27(22-33-30)26-14-15-28(32-21-26)24(4)12-8-6-2/h14-15,20,22-26,28-30,32H,5-13,16-19,21H2,1-4H3. The third-order valence-corrected chi connectivity index (χ3v) is 10.3. The molecule has 0 aliphatic carbocycles. The second-order valence-electron chi connectivity index (χ2n) is 11.9. The molecule has 4 heterocycles. The molecule has 6 unspecified atom stereocenters. The van der Waals surface area contributed by atoms with Crippen molar-refractivity contribution in [2.75, 3.05) is 19.6 Å². The molecule has 1 N–H and O–H groups in total. The highest BCUT2D eigenvalue weighted by atomic mass is 32.2. The minimum Gasteiger partial charge on any atom is -0.351 e. The number of aliphatic imine (C=N–C) groups is 2. The molecule has 4 rings (SSSR count). The fraction of sp³-hybridized carbons (Fsp3) is 0.806. The Balaban J connectivity index is 1.22. The molecule has 1 fully saturated rings. The van der Waals surface area contributed by atoms with Crippen molar-refractivity contribution in [3.63, 3.8) is 0 Å². The fourth-order valence-electron chi connectivity index (χ4n) is 6.35. The van der Waals surface area contributed by atoms with Crippen molar-refractivity contribution < 1.29 is 0 Å². The number of thioether (sulfide) groups is 1. The Morgan fingerprint density at radius 3 is 2.44 bits per heavy atom. The highest BCUT2D eigenvalue weighted by molar-refractivity contribution is 8.14. The lowest BCUT2D eigenvalue weighted by molar-refractivity contribution is 0.203. The Bertz CT molecular complexity index is 794. The lowest BCUT2D eigenvalue weighted by atomic mass is 9.82. The van der Waals surface area contributed by atoms with Gasteiger partial charge in [0.25, 0.3) is 0 Å². The molecule has 0 bridgehead atoms. The van der Waals surface area contributed by atoms with Gasteiger partial charge in [-0.3, -0.25) is 4.99 Å². The largest absolute Gasteiger partial charge is 0.351 e. The van der Waals surface area contributed by atoms with Gasteiger partial charge in [-0.15, -0.1) is 0 Å². The third-order valence-electron chi connectivity index (χ3n) is 9.07. The van der Waals surface area contributed by atoms with Crippen LogP contribution in [0.15, 0.2) is 33.8 Å². The summed E-state index contributed by atoms with van der Waals surface area (Å²) in [5.74, 6) is 2.91. The Kier molecular flexibility index (Phi) is 11.0. The van der Waals surface area contributed by atoms with Crippen LogP contribution in [0.2, 0.25) is 0 Å². The van der Waals surface area contributed by atoms with E-state index in [2.05, 4.69) is 62.4 Å². The maximum absolute atomic E-state index is 5.05. The van der Waals surface area contributed by atoms with E-state index < -0.39 is 0 Å². The van der Waals surface area contributed by atoms with Gasteiger partial charge >= 0.3 is 0 Å². The smallest absolute Gasteiger partial charge is 0.162 e. The maximum Gasteiger partial charge on any atom is 0.162 e. The normalized spacial score (nSPS) is 30.2. The third kappa shape index (κ3) is 7.49. The van der Waals surface area contributed by atoms with Crippen molar-refractivity contribution in [3.8, 4) is 0 Å². The fourth-order valence-corrected chi connectivity index (χ4v) is 7.57. The lowest BCUT2D eigenvalue weighted by Crippen LogP contribution is -2.40. The maximum atomic E-state index is 5.05. The quantitative estimate of drug-likeness (QED) is 0.218. The van der Waals surface area contributed by atoms with Gasteiger partial charge in [0.2, 0.25) is 0 Å². The minimum atomic E-state index is 0.0795. The van der Waals surface area contributed by atoms with Crippen LogP contribution in [-0.2, 0) is 0 Å². The molecule has 0 spiro atoms. The van der Waals surface area contributed by atoms with E-state index in [0.29, 0.717) is 23.1 Å². The zero-order valence-electron chi connectivity index (χ0n) is 23.5. The molecule has 6 atom stereocenters. The molecular formula is C31H52N4S. The van der Waals surface area contributed by atoms with Crippen LogP contribution in [0.5, 0.6) is 0 Å². The minimum absolute atomic E-state index is 0.0795. The number of rotatable bonds is 12. The molecule has 4 nitrogen and oxygen atoms in total. The monoisotopic (exact) mass is 512 g/mol. The summed E-state index contributed by atoms with van der Waals surface area (Å²) in [7, 11) is 0. The molecule has 0 aromatic heterocycles. The lowest BCUT2D eigenvalue weighted by Gasteiger charge is -2.35. The molecule has 4 aliphatic rings. The van der Waals surface area contributed by atoms with Crippen molar-refractivity contribution in [1.82, 2.24) is 10.2 Å². The van der Waals surface area contributed by atoms with Crippen molar-refractivity contribution >= 4 is 23.1 Å². The molecule has 0 amide bonds. The highest BCUT2D eigenvalue weighted by Crippen LogP contribution is 2.37. The number of piperidine rings is 1. The number of nitrogens with zero attached hydrogens (tertiary/aromatic N) is 3. The number of hydrogen-bond acceptors (Lipinski definition) is 5. The first-order valence-electron chi connectivity index (χ1n) is 15.2. The summed E-state index contributed by atoms with van der Waals surface area (Å²) in [4.78, 5) is 12.5. The molecule has 5 heteroatoms. The number of hydrogen-bond donors (Lipinski definition) is 1. The first-order chi connectivity index (χ1) is 17.6. The average molecular weight is 513 g/mol. The first-order valence-corrected chi connectivity index (χ1v) is 16.1. The number of amidine groups is 1. The summed E-state index contributed by atoms with van der Waals surface area (Å²) in [5, 5.41) is 5.41. The van der Waals surface area contributed by atoms with Crippen molar-refractivity contribution in [3.05, 3.63) is 23.8 Å². The van der Waals surface area contributed by atoms with E-state index in [1.807, 2.05) is 11.8 Å². The predicted octanol–water partition coefficient (Wildman–Crippen LogP) is 7.47. The van der Waals surface area contributed by atoms with E-state index in [-0.39, 0.29) is 6.17 Å². The topological polar surface area (TPSA) is 40.0 Å². The van der Waals surface area contributed by atoms with E-state index in [9.17, 15) is 0 Å². The molecule has 202 valence electrons. The van der Waals surface area contributed by atoms with Gasteiger partial charge in [-0.25, -0.2) is 4.99 Å². The number of likely N-dealkylation sites (tertiary alicyclic amines) is 1. The van der Waals surface area contributed by atoms with Gasteiger partial charge in [0.1, 0.15) is 0 Å². The van der Waals surface area contributed by atoms with Gasteiger partial charge in [-0.2, -0.15) is 0 Å². The molecule has 36 heavy (non-hydrogen) atoms. The molecule has 0 radical (unpaired) electrons. The summed E-state index contributed by atoms with van der Waals surface area (Å²) < 4.78 is 0. The molecular weight excluding hydrogens is 460 g/mol. The van der Waals surface area contributed by atoms with Crippen LogP contribution in [-0.4, -0.2) is 53.4 Å². The Morgan fingerprint density at radius 1 is 0.972 bits per heavy atom. The van der Waals surface area contributed by atoms with Crippen molar-refractivity contribution in [2.24, 2.45) is 33.7 Å². The Hall–Kier alpha value is -1.07. The van der Waals surface area contributed by atoms with Crippen LogP contribution < -0.4 is 5.32 Å². The molecule has 0 saturated carbocycles. The number of unbranched alkanes of at least 4 members (excludes halogenated alkanes) is 5. The summed E-state index contributed by atoms with van der Waals surface area (Å²) in [6.07, 6.45) is 24.5. The molecule has 4 aliphatic heterocycles. The van der Waals surface area contributed by atoms with Gasteiger partial charge in [0, 0.05) is 37.8 Å². The van der Waals surface area contributed by atoms with E-state index in [4.69, 9.17) is 9.98 Å². The summed E-state index contributed by atoms with van der Waals surface area (Å²) in [5.41, 5.74) is 1.37. The zero-order valence-corrected chi connectivity index (χ0v) is 24.3. The van der Waals surface area contributed by atoms with Crippen LogP contribution in [0.3, 0.4) is 0 Å². The average Bonchev–Trinajstić information content (AvgIpc) is 3.35. The zero-order chi connectivity index (χ0) is 25.3. The van der Waals surface area contributed by atoms with Gasteiger partial charge < -0.3 is 10.2 Å². The Morgan fingerprint density at radius 2 is 1.72 bits per heavy atom. The van der Waals surface area contributed by atoms with Crippen molar-refractivity contribution in [2.45, 2.75) is 116 Å². The number of dihydropyridines is 1. The number of nitrogens with one attached hydrogen (secondary N) is 1. The Labute approximate surface area is 226 Å². The van der Waals surface area contributed by atoms with Crippen LogP contribution in [0, 0.1) is 23.7 Å². The van der Waals surface area contributed by atoms with Gasteiger partial charge in [0.15, 0.2) is 11.3 Å². The van der Waals surface area contributed by atoms with Crippen LogP contribution >= 0.6 is 11.8 Å². The predicted molar refractivity (Wildman–Crippen MR) is 159 cm³/mol. The summed E-state index contributed by atoms with van der Waals surface area (Å²) in [6, 6.07) is 0.518. The second kappa shape index (κ2) is 14.2. The van der Waals surface area contributed by atoms with Gasteiger partial charge in [0.05, 0.1) is 5.25 Å². The first kappa shape index (κ1) is 28.0. The summed E-state index contributed by atoms with van der Waals surface area (Å²) >= 11 is 1.96. The summed E-state index contributed by atoms with van der Waals surface area (Å²) in [6.45, 7) is 12.8. The highest BCUT2D eigenvalue weighted by Gasteiger charge is 2.35. The molecule has 0 aromatic rings. The van der Waals surface area contributed by atoms with E-state index in [1.54, 1.807) is 0 Å². The second-order valence-corrected chi connectivity index (χ2v) is 13.0. The van der Waals surface area contributed by atoms with Gasteiger partial charge in [-0.05, 0) is 42.6 Å². The van der Waals surface area contributed by atoms with Crippen LogP contribution in [0.25, 0.3) is 0 Å². The molecule has 1 saturated heterocycles. The number of fused-ring (bicyclic) bond motifs is 1. The molecule has 0 aromatic carbocycles. The van der Waals surface area contributed by atoms with Crippen molar-refractivity contribution in [1.29, 1.82) is 0 Å². The van der Waals surface area contributed by atoms with E-state index >= 15 is 0 Å². The SMILES string of the molecule is CCCCCCCC(C)C1CCN(C2=NC3N=CC(C4C=CC(C(C)CCCC)NC4)=CC3S2)CC1. The van der Waals surface area contributed by atoms with E-state index in [1.165, 1.54) is 94.5 Å². The van der Waals surface area contributed by atoms with E-state index in [0.717, 1.165) is 18.4 Å².